The number of pyridine rings is 1. The molecule has 2 aromatic heterocycles. The van der Waals surface area contributed by atoms with E-state index in [-0.39, 0.29) is 0 Å². The Bertz CT molecular complexity index is 521. The summed E-state index contributed by atoms with van der Waals surface area (Å²) in [5, 5.41) is 8.23. The van der Waals surface area contributed by atoms with E-state index in [0.29, 0.717) is 11.0 Å². The van der Waals surface area contributed by atoms with Crippen LogP contribution < -0.4 is 5.32 Å². The number of nitrogens with one attached hydrogen (secondary N) is 1. The predicted octanol–water partition coefficient (Wildman–Crippen LogP) is 2.53. The molecule has 6 heteroatoms. The molecule has 104 valence electrons. The number of anilines is 1. The predicted molar refractivity (Wildman–Crippen MR) is 78.9 cm³/mol. The van der Waals surface area contributed by atoms with Crippen molar-refractivity contribution in [1.82, 2.24) is 19.5 Å². The topological polar surface area (TPSA) is 45.5 Å². The summed E-state index contributed by atoms with van der Waals surface area (Å²) in [6.07, 6.45) is 2.84. The summed E-state index contributed by atoms with van der Waals surface area (Å²) in [4.78, 5) is 6.78. The van der Waals surface area contributed by atoms with Gasteiger partial charge in [0.15, 0.2) is 5.65 Å². The minimum atomic E-state index is 0.654. The van der Waals surface area contributed by atoms with Crippen LogP contribution in [0, 0.1) is 0 Å². The van der Waals surface area contributed by atoms with Gasteiger partial charge in [0.1, 0.15) is 0 Å². The third-order valence-electron chi connectivity index (χ3n) is 3.12. The summed E-state index contributed by atoms with van der Waals surface area (Å²) in [6, 6.07) is 3.67. The summed E-state index contributed by atoms with van der Waals surface area (Å²) < 4.78 is 1.69. The van der Waals surface area contributed by atoms with Crippen molar-refractivity contribution in [2.45, 2.75) is 20.3 Å². The van der Waals surface area contributed by atoms with Crippen LogP contribution in [0.1, 0.15) is 20.3 Å². The van der Waals surface area contributed by atoms with Crippen LogP contribution >= 0.6 is 11.6 Å². The number of hydrogen-bond acceptors (Lipinski definition) is 4. The molecular formula is C13H20ClN5. The van der Waals surface area contributed by atoms with E-state index >= 15 is 0 Å². The van der Waals surface area contributed by atoms with E-state index in [4.69, 9.17) is 11.6 Å². The van der Waals surface area contributed by atoms with Crippen molar-refractivity contribution in [3.8, 4) is 0 Å². The zero-order chi connectivity index (χ0) is 13.7. The number of aromatic nitrogens is 3. The van der Waals surface area contributed by atoms with Crippen LogP contribution in [-0.4, -0.2) is 45.7 Å². The maximum atomic E-state index is 5.91. The van der Waals surface area contributed by atoms with Crippen molar-refractivity contribution >= 4 is 23.2 Å². The van der Waals surface area contributed by atoms with Gasteiger partial charge in [-0.1, -0.05) is 25.4 Å². The van der Waals surface area contributed by atoms with Crippen molar-refractivity contribution in [2.75, 3.05) is 31.5 Å². The fourth-order valence-corrected chi connectivity index (χ4v) is 2.13. The minimum absolute atomic E-state index is 0.654. The molecular weight excluding hydrogens is 262 g/mol. The third-order valence-corrected chi connectivity index (χ3v) is 3.35. The Morgan fingerprint density at radius 1 is 1.32 bits per heavy atom. The highest BCUT2D eigenvalue weighted by Crippen LogP contribution is 2.11. The molecule has 5 nitrogen and oxygen atoms in total. The van der Waals surface area contributed by atoms with Gasteiger partial charge in [-0.15, -0.1) is 5.10 Å². The highest BCUT2D eigenvalue weighted by molar-refractivity contribution is 6.30. The average molecular weight is 282 g/mol. The molecule has 0 bridgehead atoms. The molecule has 0 aliphatic carbocycles. The number of nitrogens with zero attached hydrogens (tertiary/aromatic N) is 4. The van der Waals surface area contributed by atoms with Crippen molar-refractivity contribution in [2.24, 2.45) is 0 Å². The van der Waals surface area contributed by atoms with Crippen LogP contribution in [0.3, 0.4) is 0 Å². The first-order valence-corrected chi connectivity index (χ1v) is 7.09. The molecule has 0 atom stereocenters. The molecule has 0 radical (unpaired) electrons. The smallest absolute Gasteiger partial charge is 0.243 e. The molecule has 0 amide bonds. The zero-order valence-electron chi connectivity index (χ0n) is 11.4. The van der Waals surface area contributed by atoms with E-state index in [2.05, 4.69) is 34.1 Å². The van der Waals surface area contributed by atoms with Crippen molar-refractivity contribution < 1.29 is 0 Å². The summed E-state index contributed by atoms with van der Waals surface area (Å²) in [5.74, 6) is 0.654. The lowest BCUT2D eigenvalue weighted by atomic mass is 10.3. The van der Waals surface area contributed by atoms with Crippen LogP contribution in [0.15, 0.2) is 18.3 Å². The molecule has 2 rings (SSSR count). The highest BCUT2D eigenvalue weighted by atomic mass is 35.5. The average Bonchev–Trinajstić information content (AvgIpc) is 2.80. The van der Waals surface area contributed by atoms with E-state index < -0.39 is 0 Å². The third kappa shape index (κ3) is 3.81. The van der Waals surface area contributed by atoms with Gasteiger partial charge in [-0.25, -0.2) is 4.52 Å². The second-order valence-corrected chi connectivity index (χ2v) is 4.83. The SMILES string of the molecule is CCN(CC)CCCNc1nc2ccc(Cl)cn2n1. The second-order valence-electron chi connectivity index (χ2n) is 4.39. The van der Waals surface area contributed by atoms with E-state index in [9.17, 15) is 0 Å². The molecule has 0 unspecified atom stereocenters. The van der Waals surface area contributed by atoms with Crippen LogP contribution in [-0.2, 0) is 0 Å². The first kappa shape index (κ1) is 14.1. The number of fused-ring (bicyclic) bond motifs is 1. The van der Waals surface area contributed by atoms with Gasteiger partial charge in [-0.2, -0.15) is 4.98 Å². The lowest BCUT2D eigenvalue weighted by Gasteiger charge is -2.17. The summed E-state index contributed by atoms with van der Waals surface area (Å²) in [7, 11) is 0. The van der Waals surface area contributed by atoms with E-state index in [1.165, 1.54) is 0 Å². The van der Waals surface area contributed by atoms with Crippen molar-refractivity contribution in [3.05, 3.63) is 23.4 Å². The van der Waals surface area contributed by atoms with Crippen LogP contribution in [0.25, 0.3) is 5.65 Å². The maximum absolute atomic E-state index is 5.91. The Kier molecular flexibility index (Phi) is 4.99. The molecule has 0 saturated carbocycles. The molecule has 2 aromatic rings. The van der Waals surface area contributed by atoms with Crippen LogP contribution in [0.4, 0.5) is 5.95 Å². The largest absolute Gasteiger partial charge is 0.353 e. The first-order valence-electron chi connectivity index (χ1n) is 6.71. The number of rotatable bonds is 7. The van der Waals surface area contributed by atoms with Gasteiger partial charge in [-0.3, -0.25) is 0 Å². The Hall–Kier alpha value is -1.33. The summed E-state index contributed by atoms with van der Waals surface area (Å²) >= 11 is 5.91. The van der Waals surface area contributed by atoms with E-state index in [0.717, 1.165) is 38.2 Å². The monoisotopic (exact) mass is 281 g/mol. The van der Waals surface area contributed by atoms with Gasteiger partial charge in [0, 0.05) is 12.7 Å². The molecule has 0 aliphatic rings. The molecule has 0 aliphatic heterocycles. The van der Waals surface area contributed by atoms with Gasteiger partial charge in [0.2, 0.25) is 5.95 Å². The molecule has 1 N–H and O–H groups in total. The van der Waals surface area contributed by atoms with Gasteiger partial charge >= 0.3 is 0 Å². The van der Waals surface area contributed by atoms with Gasteiger partial charge in [0.25, 0.3) is 0 Å². The molecule has 0 fully saturated rings. The standard InChI is InChI=1S/C13H20ClN5/c1-3-18(4-2)9-5-8-15-13-16-12-7-6-11(14)10-19(12)17-13/h6-7,10H,3-5,8-9H2,1-2H3,(H,15,17). The fraction of sp³-hybridized carbons (Fsp3) is 0.538. The normalized spacial score (nSPS) is 11.4. The first-order chi connectivity index (χ1) is 9.22. The van der Waals surface area contributed by atoms with Gasteiger partial charge in [-0.05, 0) is 38.2 Å². The summed E-state index contributed by atoms with van der Waals surface area (Å²) in [6.45, 7) is 8.54. The summed E-state index contributed by atoms with van der Waals surface area (Å²) in [5.41, 5.74) is 0.802. The molecule has 2 heterocycles. The van der Waals surface area contributed by atoms with Gasteiger partial charge in [0.05, 0.1) is 5.02 Å². The Labute approximate surface area is 118 Å². The Morgan fingerprint density at radius 2 is 2.11 bits per heavy atom. The van der Waals surface area contributed by atoms with Gasteiger partial charge < -0.3 is 10.2 Å². The molecule has 0 spiro atoms. The van der Waals surface area contributed by atoms with Crippen molar-refractivity contribution in [1.29, 1.82) is 0 Å². The van der Waals surface area contributed by atoms with Crippen molar-refractivity contribution in [3.63, 3.8) is 0 Å². The lowest BCUT2D eigenvalue weighted by Crippen LogP contribution is -2.25. The molecule has 0 aromatic carbocycles. The Morgan fingerprint density at radius 3 is 2.84 bits per heavy atom. The minimum Gasteiger partial charge on any atom is -0.353 e. The van der Waals surface area contributed by atoms with Crippen LogP contribution in [0.2, 0.25) is 5.02 Å². The molecule has 19 heavy (non-hydrogen) atoms. The van der Waals surface area contributed by atoms with E-state index in [1.807, 2.05) is 12.1 Å². The number of hydrogen-bond donors (Lipinski definition) is 1. The fourth-order valence-electron chi connectivity index (χ4n) is 1.98. The van der Waals surface area contributed by atoms with E-state index in [1.54, 1.807) is 10.7 Å². The quantitative estimate of drug-likeness (QED) is 0.792. The Balaban J connectivity index is 1.84. The maximum Gasteiger partial charge on any atom is 0.243 e. The number of halogens is 1. The lowest BCUT2D eigenvalue weighted by molar-refractivity contribution is 0.303. The second kappa shape index (κ2) is 6.73. The van der Waals surface area contributed by atoms with Crippen LogP contribution in [0.5, 0.6) is 0 Å². The highest BCUT2D eigenvalue weighted by Gasteiger charge is 2.03. The molecule has 0 saturated heterocycles. The zero-order valence-corrected chi connectivity index (χ0v) is 12.2.